The molecular formula is C12H19NO. The lowest BCUT2D eigenvalue weighted by Gasteiger charge is -2.37. The SMILES string of the molecule is CC(=O)N[C@H]1C[C@@H]2C[C@@]3(C)CCC2[C@@H]13. The Balaban J connectivity index is 1.84. The highest BCUT2D eigenvalue weighted by Gasteiger charge is 2.62. The molecule has 0 radical (unpaired) electrons. The van der Waals surface area contributed by atoms with Gasteiger partial charge < -0.3 is 5.32 Å². The molecule has 2 nitrogen and oxygen atoms in total. The average molecular weight is 193 g/mol. The van der Waals surface area contributed by atoms with Gasteiger partial charge in [-0.2, -0.15) is 0 Å². The molecule has 3 aliphatic rings. The molecule has 3 saturated carbocycles. The summed E-state index contributed by atoms with van der Waals surface area (Å²) in [6.07, 6.45) is 5.50. The summed E-state index contributed by atoms with van der Waals surface area (Å²) in [5.41, 5.74) is 0.570. The lowest BCUT2D eigenvalue weighted by Crippen LogP contribution is -2.43. The Morgan fingerprint density at radius 2 is 2.29 bits per heavy atom. The van der Waals surface area contributed by atoms with Crippen molar-refractivity contribution in [2.45, 2.75) is 45.6 Å². The molecule has 0 aliphatic heterocycles. The van der Waals surface area contributed by atoms with E-state index in [9.17, 15) is 4.79 Å². The molecule has 0 aromatic heterocycles. The molecule has 78 valence electrons. The summed E-state index contributed by atoms with van der Waals surface area (Å²) in [5.74, 6) is 2.83. The Kier molecular flexibility index (Phi) is 1.58. The molecule has 0 aromatic rings. The molecule has 4 bridgehead atoms. The lowest BCUT2D eigenvalue weighted by molar-refractivity contribution is -0.120. The summed E-state index contributed by atoms with van der Waals surface area (Å²) in [6, 6.07) is 0.503. The van der Waals surface area contributed by atoms with Crippen LogP contribution < -0.4 is 5.32 Å². The summed E-state index contributed by atoms with van der Waals surface area (Å²) in [4.78, 5) is 11.1. The van der Waals surface area contributed by atoms with Gasteiger partial charge in [-0.05, 0) is 48.9 Å². The van der Waals surface area contributed by atoms with E-state index in [0.29, 0.717) is 11.5 Å². The fourth-order valence-corrected chi connectivity index (χ4v) is 4.80. The van der Waals surface area contributed by atoms with Crippen LogP contribution in [0.3, 0.4) is 0 Å². The molecule has 1 N–H and O–H groups in total. The maximum absolute atomic E-state index is 11.1. The molecular weight excluding hydrogens is 174 g/mol. The van der Waals surface area contributed by atoms with Crippen molar-refractivity contribution >= 4 is 5.91 Å². The zero-order valence-corrected chi connectivity index (χ0v) is 9.05. The summed E-state index contributed by atoms with van der Waals surface area (Å²) < 4.78 is 0. The number of hydrogen-bond donors (Lipinski definition) is 1. The Morgan fingerprint density at radius 3 is 2.86 bits per heavy atom. The maximum atomic E-state index is 11.1. The topological polar surface area (TPSA) is 29.1 Å². The summed E-state index contributed by atoms with van der Waals surface area (Å²) in [7, 11) is 0. The number of rotatable bonds is 1. The van der Waals surface area contributed by atoms with Crippen molar-refractivity contribution in [2.24, 2.45) is 23.2 Å². The largest absolute Gasteiger partial charge is 0.353 e. The first kappa shape index (κ1) is 8.75. The van der Waals surface area contributed by atoms with Gasteiger partial charge in [0, 0.05) is 13.0 Å². The van der Waals surface area contributed by atoms with Crippen molar-refractivity contribution in [2.75, 3.05) is 0 Å². The average Bonchev–Trinajstić information content (AvgIpc) is 2.62. The van der Waals surface area contributed by atoms with Gasteiger partial charge in [0.25, 0.3) is 0 Å². The molecule has 2 heteroatoms. The molecule has 0 saturated heterocycles. The second kappa shape index (κ2) is 2.53. The number of hydrogen-bond acceptors (Lipinski definition) is 1. The van der Waals surface area contributed by atoms with Gasteiger partial charge in [0.1, 0.15) is 0 Å². The summed E-state index contributed by atoms with van der Waals surface area (Å²) in [5, 5.41) is 3.16. The smallest absolute Gasteiger partial charge is 0.217 e. The highest BCUT2D eigenvalue weighted by atomic mass is 16.1. The van der Waals surface area contributed by atoms with E-state index < -0.39 is 0 Å². The van der Waals surface area contributed by atoms with Crippen LogP contribution in [0.2, 0.25) is 0 Å². The fourth-order valence-electron chi connectivity index (χ4n) is 4.80. The van der Waals surface area contributed by atoms with Crippen LogP contribution in [0.4, 0.5) is 0 Å². The normalized spacial score (nSPS) is 53.9. The van der Waals surface area contributed by atoms with Crippen LogP contribution in [-0.4, -0.2) is 11.9 Å². The van der Waals surface area contributed by atoms with E-state index in [1.165, 1.54) is 25.7 Å². The predicted octanol–water partition coefficient (Wildman–Crippen LogP) is 1.95. The highest BCUT2D eigenvalue weighted by Crippen LogP contribution is 2.67. The van der Waals surface area contributed by atoms with Crippen molar-refractivity contribution in [3.63, 3.8) is 0 Å². The minimum absolute atomic E-state index is 0.158. The molecule has 3 rings (SSSR count). The second-order valence-electron chi connectivity index (χ2n) is 5.89. The Hall–Kier alpha value is -0.530. The maximum Gasteiger partial charge on any atom is 0.217 e. The van der Waals surface area contributed by atoms with Crippen molar-refractivity contribution < 1.29 is 4.79 Å². The van der Waals surface area contributed by atoms with Crippen molar-refractivity contribution in [3.8, 4) is 0 Å². The minimum atomic E-state index is 0.158. The van der Waals surface area contributed by atoms with Gasteiger partial charge in [0.15, 0.2) is 0 Å². The molecule has 0 heterocycles. The first-order chi connectivity index (χ1) is 6.60. The standard InChI is InChI=1S/C12H19NO/c1-7(14)13-10-5-8-6-12(2)4-3-9(8)11(10)12/h8-11H,3-6H2,1-2H3,(H,13,14)/t8-,9?,10+,11+,12-/m1/s1. The Bertz CT molecular complexity index is 288. The van der Waals surface area contributed by atoms with Gasteiger partial charge >= 0.3 is 0 Å². The van der Waals surface area contributed by atoms with Gasteiger partial charge in [0.05, 0.1) is 0 Å². The van der Waals surface area contributed by atoms with E-state index in [-0.39, 0.29) is 5.91 Å². The molecule has 0 aromatic carbocycles. The van der Waals surface area contributed by atoms with Gasteiger partial charge in [-0.3, -0.25) is 4.79 Å². The third-order valence-corrected chi connectivity index (χ3v) is 5.03. The summed E-state index contributed by atoms with van der Waals surface area (Å²) in [6.45, 7) is 4.09. The van der Waals surface area contributed by atoms with E-state index in [1.807, 2.05) is 0 Å². The van der Waals surface area contributed by atoms with Crippen LogP contribution >= 0.6 is 0 Å². The van der Waals surface area contributed by atoms with Crippen LogP contribution in [0.15, 0.2) is 0 Å². The third kappa shape index (κ3) is 0.945. The van der Waals surface area contributed by atoms with E-state index >= 15 is 0 Å². The molecule has 14 heavy (non-hydrogen) atoms. The lowest BCUT2D eigenvalue weighted by atomic mass is 9.72. The highest BCUT2D eigenvalue weighted by molar-refractivity contribution is 5.73. The van der Waals surface area contributed by atoms with Crippen LogP contribution in [-0.2, 0) is 4.79 Å². The third-order valence-electron chi connectivity index (χ3n) is 5.03. The van der Waals surface area contributed by atoms with Crippen LogP contribution in [0.25, 0.3) is 0 Å². The molecule has 3 fully saturated rings. The number of amides is 1. The molecule has 3 aliphatic carbocycles. The van der Waals surface area contributed by atoms with Crippen LogP contribution in [0, 0.1) is 23.2 Å². The molecule has 1 amide bonds. The van der Waals surface area contributed by atoms with Crippen molar-refractivity contribution in [1.29, 1.82) is 0 Å². The second-order valence-corrected chi connectivity index (χ2v) is 5.89. The van der Waals surface area contributed by atoms with E-state index in [2.05, 4.69) is 12.2 Å². The van der Waals surface area contributed by atoms with E-state index in [4.69, 9.17) is 0 Å². The van der Waals surface area contributed by atoms with Gasteiger partial charge in [-0.1, -0.05) is 6.92 Å². The number of carbonyl (C=O) groups is 1. The van der Waals surface area contributed by atoms with Gasteiger partial charge in [-0.25, -0.2) is 0 Å². The van der Waals surface area contributed by atoms with Crippen LogP contribution in [0.1, 0.15) is 39.5 Å². The monoisotopic (exact) mass is 193 g/mol. The number of nitrogens with one attached hydrogen (secondary N) is 1. The van der Waals surface area contributed by atoms with Crippen molar-refractivity contribution in [1.82, 2.24) is 5.32 Å². The molecule has 1 unspecified atom stereocenters. The zero-order valence-electron chi connectivity index (χ0n) is 9.05. The first-order valence-electron chi connectivity index (χ1n) is 5.87. The minimum Gasteiger partial charge on any atom is -0.353 e. The van der Waals surface area contributed by atoms with E-state index in [1.54, 1.807) is 6.92 Å². The molecule has 0 spiro atoms. The van der Waals surface area contributed by atoms with Crippen molar-refractivity contribution in [3.05, 3.63) is 0 Å². The van der Waals surface area contributed by atoms with Gasteiger partial charge in [-0.15, -0.1) is 0 Å². The first-order valence-corrected chi connectivity index (χ1v) is 5.87. The number of carbonyl (C=O) groups excluding carboxylic acids is 1. The Labute approximate surface area is 85.4 Å². The molecule has 5 atom stereocenters. The van der Waals surface area contributed by atoms with Crippen LogP contribution in [0.5, 0.6) is 0 Å². The van der Waals surface area contributed by atoms with Gasteiger partial charge in [0.2, 0.25) is 5.91 Å². The summed E-state index contributed by atoms with van der Waals surface area (Å²) >= 11 is 0. The Morgan fingerprint density at radius 1 is 1.50 bits per heavy atom. The fraction of sp³-hybridized carbons (Fsp3) is 0.917. The quantitative estimate of drug-likeness (QED) is 0.677. The predicted molar refractivity (Wildman–Crippen MR) is 54.6 cm³/mol. The van der Waals surface area contributed by atoms with E-state index in [0.717, 1.165) is 17.8 Å². The zero-order chi connectivity index (χ0) is 9.92.